The van der Waals surface area contributed by atoms with Crippen molar-refractivity contribution in [3.63, 3.8) is 0 Å². The van der Waals surface area contributed by atoms with Gasteiger partial charge in [0, 0.05) is 0 Å². The van der Waals surface area contributed by atoms with Crippen molar-refractivity contribution in [1.29, 1.82) is 0 Å². The number of allylic oxidation sites excluding steroid dienone is 8. The van der Waals surface area contributed by atoms with E-state index in [1.807, 2.05) is 0 Å². The van der Waals surface area contributed by atoms with Crippen LogP contribution in [0.2, 0.25) is 10.0 Å². The first-order valence-electron chi connectivity index (χ1n) is 20.0. The summed E-state index contributed by atoms with van der Waals surface area (Å²) in [5, 5.41) is 1.55. The van der Waals surface area contributed by atoms with E-state index in [9.17, 15) is 0 Å². The molecule has 0 amide bonds. The van der Waals surface area contributed by atoms with Crippen LogP contribution in [0.3, 0.4) is 0 Å². The van der Waals surface area contributed by atoms with Gasteiger partial charge in [0.2, 0.25) is 0 Å². The second kappa shape index (κ2) is 15.7. The van der Waals surface area contributed by atoms with Crippen molar-refractivity contribution in [3.8, 4) is 11.1 Å². The molecule has 0 spiro atoms. The summed E-state index contributed by atoms with van der Waals surface area (Å²) in [6.07, 6.45) is 13.9. The second-order valence-corrected chi connectivity index (χ2v) is 25.5. The molecule has 0 N–H and O–H groups in total. The van der Waals surface area contributed by atoms with Crippen LogP contribution in [0.5, 0.6) is 0 Å². The summed E-state index contributed by atoms with van der Waals surface area (Å²) in [5.41, 5.74) is 18.6. The largest absolute Gasteiger partial charge is 1.00 e. The molecule has 4 aliphatic carbocycles. The average Bonchev–Trinajstić information content (AvgIpc) is 3.80. The summed E-state index contributed by atoms with van der Waals surface area (Å²) >= 11 is 10.2. The zero-order valence-corrected chi connectivity index (χ0v) is 40.0. The topological polar surface area (TPSA) is 0 Å². The molecule has 4 aliphatic rings. The maximum atomic E-state index is 6.65. The van der Waals surface area contributed by atoms with Gasteiger partial charge in [-0.3, -0.25) is 0 Å². The van der Waals surface area contributed by atoms with Crippen molar-refractivity contribution >= 4 is 37.6 Å². The van der Waals surface area contributed by atoms with Crippen LogP contribution >= 0.6 is 23.2 Å². The third-order valence-electron chi connectivity index (χ3n) is 12.6. The van der Waals surface area contributed by atoms with Gasteiger partial charge in [0.15, 0.2) is 0 Å². The minimum Gasteiger partial charge on any atom is -1.00 e. The average molecular weight is 900 g/mol. The van der Waals surface area contributed by atoms with Gasteiger partial charge in [-0.15, -0.1) is 0 Å². The first-order valence-corrected chi connectivity index (χ1v) is 24.6. The zero-order chi connectivity index (χ0) is 38.5. The summed E-state index contributed by atoms with van der Waals surface area (Å²) in [6.45, 7) is 23.7. The molecule has 1 atom stereocenters. The van der Waals surface area contributed by atoms with E-state index < -0.39 is 21.3 Å². The van der Waals surface area contributed by atoms with E-state index in [1.165, 1.54) is 94.8 Å². The van der Waals surface area contributed by atoms with Gasteiger partial charge in [0.1, 0.15) is 0 Å². The molecule has 1 unspecified atom stereocenters. The van der Waals surface area contributed by atoms with Crippen molar-refractivity contribution in [2.24, 2.45) is 11.3 Å². The first-order chi connectivity index (χ1) is 25.5. The molecular formula is C51H54Cl4Zr. The van der Waals surface area contributed by atoms with Crippen LogP contribution in [-0.2, 0) is 32.1 Å². The van der Waals surface area contributed by atoms with Gasteiger partial charge in [-0.25, -0.2) is 0 Å². The molecule has 0 radical (unpaired) electrons. The maximum Gasteiger partial charge on any atom is -1.00 e. The van der Waals surface area contributed by atoms with Crippen molar-refractivity contribution in [1.82, 2.24) is 0 Å². The van der Waals surface area contributed by atoms with Gasteiger partial charge in [0.05, 0.1) is 0 Å². The Labute approximate surface area is 366 Å². The summed E-state index contributed by atoms with van der Waals surface area (Å²) in [5.74, 6) is 0.431. The molecule has 0 aromatic heterocycles. The van der Waals surface area contributed by atoms with Crippen LogP contribution in [-0.4, -0.2) is 3.21 Å². The van der Waals surface area contributed by atoms with Crippen molar-refractivity contribution in [2.45, 2.75) is 103 Å². The van der Waals surface area contributed by atoms with Crippen LogP contribution in [0.1, 0.15) is 137 Å². The molecule has 0 saturated heterocycles. The quantitative estimate of drug-likeness (QED) is 0.174. The summed E-state index contributed by atoms with van der Waals surface area (Å²) < 4.78 is 3.56. The van der Waals surface area contributed by atoms with E-state index in [0.29, 0.717) is 9.54 Å². The van der Waals surface area contributed by atoms with Crippen molar-refractivity contribution in [2.75, 3.05) is 0 Å². The van der Waals surface area contributed by atoms with E-state index in [0.717, 1.165) is 10.0 Å². The van der Waals surface area contributed by atoms with Gasteiger partial charge < -0.3 is 24.8 Å². The van der Waals surface area contributed by atoms with Gasteiger partial charge in [-0.05, 0) is 0 Å². The van der Waals surface area contributed by atoms with Gasteiger partial charge in [0.25, 0.3) is 0 Å². The number of rotatable bonds is 7. The normalized spacial score (nSPS) is 18.2. The second-order valence-electron chi connectivity index (χ2n) is 18.5. The predicted molar refractivity (Wildman–Crippen MR) is 232 cm³/mol. The molecule has 290 valence electrons. The predicted octanol–water partition coefficient (Wildman–Crippen LogP) is 9.02. The Morgan fingerprint density at radius 3 is 1.54 bits per heavy atom. The molecule has 0 fully saturated rings. The van der Waals surface area contributed by atoms with Crippen LogP contribution in [0, 0.1) is 11.3 Å². The molecule has 0 nitrogen and oxygen atoms in total. The fraction of sp³-hybridized carbons (Fsp3) is 0.353. The fourth-order valence-corrected chi connectivity index (χ4v) is 19.8. The molecule has 5 heteroatoms. The molecule has 0 heterocycles. The number of unbranched alkanes of at least 4 members (excludes halogenated alkanes) is 1. The maximum absolute atomic E-state index is 6.65. The van der Waals surface area contributed by atoms with Crippen molar-refractivity contribution in [3.05, 3.63) is 161 Å². The van der Waals surface area contributed by atoms with Gasteiger partial charge in [-0.1, -0.05) is 0 Å². The van der Waals surface area contributed by atoms with Crippen LogP contribution in [0.15, 0.2) is 106 Å². The number of benzene rings is 4. The van der Waals surface area contributed by atoms with E-state index in [2.05, 4.69) is 166 Å². The fourth-order valence-electron chi connectivity index (χ4n) is 9.97. The van der Waals surface area contributed by atoms with Crippen LogP contribution in [0.4, 0.5) is 0 Å². The molecule has 8 rings (SSSR count). The number of fused-ring (bicyclic) bond motifs is 5. The zero-order valence-electron chi connectivity index (χ0n) is 34.5. The summed E-state index contributed by atoms with van der Waals surface area (Å²) in [6, 6.07) is 28.0. The minimum absolute atomic E-state index is 0. The molecule has 0 saturated carbocycles. The third-order valence-corrected chi connectivity index (χ3v) is 21.6. The third kappa shape index (κ3) is 7.45. The molecule has 4 aromatic rings. The van der Waals surface area contributed by atoms with E-state index in [1.54, 1.807) is 3.28 Å². The molecule has 4 aromatic carbocycles. The van der Waals surface area contributed by atoms with Crippen LogP contribution in [0.25, 0.3) is 22.3 Å². The smallest absolute Gasteiger partial charge is 1.00 e. The number of halogens is 4. The molecule has 0 bridgehead atoms. The molecule has 0 aliphatic heterocycles. The molecular weight excluding hydrogens is 846 g/mol. The Bertz CT molecular complexity index is 2240. The van der Waals surface area contributed by atoms with E-state index in [4.69, 9.17) is 23.2 Å². The minimum atomic E-state index is -3.12. The SMILES string of the molecule is CCCCC1C=C(C(C)(C)C)C=[C]1[Zr+2](=[C](c1ccc(Cl)cc1)c1ccc(Cl)cc1)[CH]1c2cc3c(cc2-c2cc4c(cc21)C(C)(C)C=C4C)C(C)=CC3(C)C.[Cl-].[Cl-]. The van der Waals surface area contributed by atoms with E-state index in [-0.39, 0.29) is 41.1 Å². The summed E-state index contributed by atoms with van der Waals surface area (Å²) in [4.78, 5) is 0. The molecule has 56 heavy (non-hydrogen) atoms. The van der Waals surface area contributed by atoms with E-state index >= 15 is 0 Å². The Hall–Kier alpha value is -2.25. The van der Waals surface area contributed by atoms with Crippen LogP contribution < -0.4 is 24.8 Å². The van der Waals surface area contributed by atoms with Gasteiger partial charge in [-0.2, -0.15) is 0 Å². The van der Waals surface area contributed by atoms with Crippen molar-refractivity contribution < 1.29 is 46.1 Å². The standard InChI is InChI=1S/C25H25.C13H8Cl2.C13H21.2ClH.Zr/c1-14-12-24(3,4)22-8-16-7-17-9-23-19(15(2)13-25(23,5)6)11-21(17)20(16)10-18(14)22;14-12-5-1-10(2-6-12)9-11-3-7-13(15)8-4-11;1-5-6-7-11-8-9-12(10-11)13(2,3)4;;;/h7-13H,1-6H3;1-8H;9-11H,5-7H2,1-4H3;2*1H;/q;;;;;+2/p-2. The number of hydrogen-bond donors (Lipinski definition) is 0. The number of hydrogen-bond acceptors (Lipinski definition) is 0. The Morgan fingerprint density at radius 2 is 1.12 bits per heavy atom. The first kappa shape index (κ1) is 43.3. The Kier molecular flexibility index (Phi) is 12.2. The Morgan fingerprint density at radius 1 is 0.679 bits per heavy atom. The Balaban J connectivity index is 0.00000266. The monoisotopic (exact) mass is 896 g/mol. The van der Waals surface area contributed by atoms with Gasteiger partial charge >= 0.3 is 345 Å². The summed E-state index contributed by atoms with van der Waals surface area (Å²) in [7, 11) is 0.